The zero-order valence-electron chi connectivity index (χ0n) is 11.9. The number of rotatable bonds is 6. The van der Waals surface area contributed by atoms with E-state index in [1.165, 1.54) is 25.7 Å². The number of aromatic nitrogens is 2. The fourth-order valence-corrected chi connectivity index (χ4v) is 2.52. The molecule has 19 heavy (non-hydrogen) atoms. The molecule has 2 N–H and O–H groups in total. The number of amides is 1. The maximum absolute atomic E-state index is 11.5. The van der Waals surface area contributed by atoms with Crippen LogP contribution < -0.4 is 10.6 Å². The van der Waals surface area contributed by atoms with Gasteiger partial charge in [-0.15, -0.1) is 0 Å². The van der Waals surface area contributed by atoms with E-state index in [9.17, 15) is 4.79 Å². The molecule has 0 aliphatic heterocycles. The summed E-state index contributed by atoms with van der Waals surface area (Å²) in [6, 6.07) is 2.81. The average molecular weight is 264 g/mol. The maximum atomic E-state index is 11.5. The molecule has 106 valence electrons. The molecular formula is C14H24N4O. The monoisotopic (exact) mass is 264 g/mol. The molecule has 1 heterocycles. The molecule has 1 aromatic rings. The Bertz CT molecular complexity index is 407. The van der Waals surface area contributed by atoms with E-state index in [0.717, 1.165) is 5.69 Å². The van der Waals surface area contributed by atoms with Crippen molar-refractivity contribution >= 4 is 5.91 Å². The van der Waals surface area contributed by atoms with Crippen molar-refractivity contribution < 1.29 is 4.79 Å². The molecule has 1 fully saturated rings. The number of carbonyl (C=O) groups excluding carboxylic acids is 1. The summed E-state index contributed by atoms with van der Waals surface area (Å²) in [5.41, 5.74) is 1.00. The summed E-state index contributed by atoms with van der Waals surface area (Å²) in [4.78, 5) is 11.5. The van der Waals surface area contributed by atoms with Crippen molar-refractivity contribution in [2.24, 2.45) is 0 Å². The van der Waals surface area contributed by atoms with Crippen LogP contribution in [0.15, 0.2) is 12.3 Å². The summed E-state index contributed by atoms with van der Waals surface area (Å²) < 4.78 is 2.08. The number of carbonyl (C=O) groups is 1. The zero-order valence-corrected chi connectivity index (χ0v) is 11.9. The van der Waals surface area contributed by atoms with Gasteiger partial charge in [0.15, 0.2) is 0 Å². The third kappa shape index (κ3) is 4.35. The molecule has 0 atom stereocenters. The third-order valence-corrected chi connectivity index (χ3v) is 3.40. The highest BCUT2D eigenvalue weighted by Crippen LogP contribution is 2.28. The van der Waals surface area contributed by atoms with E-state index in [0.29, 0.717) is 19.1 Å². The van der Waals surface area contributed by atoms with Crippen molar-refractivity contribution in [2.75, 3.05) is 6.54 Å². The molecule has 0 unspecified atom stereocenters. The number of hydrogen-bond acceptors (Lipinski definition) is 3. The summed E-state index contributed by atoms with van der Waals surface area (Å²) >= 11 is 0. The molecular weight excluding hydrogens is 240 g/mol. The maximum Gasteiger partial charge on any atom is 0.234 e. The van der Waals surface area contributed by atoms with Gasteiger partial charge in [-0.3, -0.25) is 9.48 Å². The van der Waals surface area contributed by atoms with Gasteiger partial charge in [0.05, 0.1) is 18.3 Å². The van der Waals surface area contributed by atoms with Crippen LogP contribution in [0.4, 0.5) is 0 Å². The minimum atomic E-state index is 0.0326. The fourth-order valence-electron chi connectivity index (χ4n) is 2.52. The quantitative estimate of drug-likeness (QED) is 0.820. The first kappa shape index (κ1) is 14.1. The Hall–Kier alpha value is -1.36. The summed E-state index contributed by atoms with van der Waals surface area (Å²) in [7, 11) is 0. The Morgan fingerprint density at radius 3 is 2.89 bits per heavy atom. The smallest absolute Gasteiger partial charge is 0.234 e. The van der Waals surface area contributed by atoms with E-state index in [4.69, 9.17) is 0 Å². The minimum absolute atomic E-state index is 0.0326. The van der Waals surface area contributed by atoms with Gasteiger partial charge in [-0.05, 0) is 32.8 Å². The standard InChI is InChI=1S/C14H24N4O/c1-11(2)16-14(19)10-15-9-12-7-8-18(17-12)13-5-3-4-6-13/h7-8,11,13,15H,3-6,9-10H2,1-2H3,(H,16,19). The van der Waals surface area contributed by atoms with Crippen molar-refractivity contribution in [3.05, 3.63) is 18.0 Å². The Labute approximate surface area is 114 Å². The molecule has 1 amide bonds. The Morgan fingerprint density at radius 1 is 1.47 bits per heavy atom. The van der Waals surface area contributed by atoms with E-state index >= 15 is 0 Å². The van der Waals surface area contributed by atoms with Crippen LogP contribution in [0.2, 0.25) is 0 Å². The van der Waals surface area contributed by atoms with Crippen LogP contribution >= 0.6 is 0 Å². The first-order valence-electron chi connectivity index (χ1n) is 7.19. The number of nitrogens with one attached hydrogen (secondary N) is 2. The molecule has 1 aliphatic rings. The van der Waals surface area contributed by atoms with Gasteiger partial charge in [0.2, 0.25) is 5.91 Å². The highest BCUT2D eigenvalue weighted by Gasteiger charge is 2.17. The van der Waals surface area contributed by atoms with Crippen molar-refractivity contribution in [3.63, 3.8) is 0 Å². The number of nitrogens with zero attached hydrogens (tertiary/aromatic N) is 2. The van der Waals surface area contributed by atoms with E-state index in [1.54, 1.807) is 0 Å². The Kier molecular flexibility index (Phi) is 4.96. The lowest BCUT2D eigenvalue weighted by molar-refractivity contribution is -0.120. The third-order valence-electron chi connectivity index (χ3n) is 3.40. The zero-order chi connectivity index (χ0) is 13.7. The average Bonchev–Trinajstić information content (AvgIpc) is 2.97. The molecule has 5 nitrogen and oxygen atoms in total. The summed E-state index contributed by atoms with van der Waals surface area (Å²) in [6.45, 7) is 4.90. The van der Waals surface area contributed by atoms with Gasteiger partial charge in [-0.25, -0.2) is 0 Å². The second kappa shape index (κ2) is 6.70. The van der Waals surface area contributed by atoms with Crippen molar-refractivity contribution in [1.29, 1.82) is 0 Å². The van der Waals surface area contributed by atoms with Gasteiger partial charge in [0.25, 0.3) is 0 Å². The van der Waals surface area contributed by atoms with Crippen molar-refractivity contribution in [2.45, 2.75) is 58.2 Å². The van der Waals surface area contributed by atoms with Crippen LogP contribution in [-0.4, -0.2) is 28.3 Å². The summed E-state index contributed by atoms with van der Waals surface area (Å²) in [5.74, 6) is 0.0326. The van der Waals surface area contributed by atoms with E-state index in [2.05, 4.69) is 26.6 Å². The molecule has 2 rings (SSSR count). The molecule has 0 aromatic carbocycles. The lowest BCUT2D eigenvalue weighted by Gasteiger charge is -2.09. The summed E-state index contributed by atoms with van der Waals surface area (Å²) in [6.07, 6.45) is 7.17. The fraction of sp³-hybridized carbons (Fsp3) is 0.714. The van der Waals surface area contributed by atoms with Crippen LogP contribution in [-0.2, 0) is 11.3 Å². The second-order valence-electron chi connectivity index (χ2n) is 5.55. The Balaban J connectivity index is 1.72. The lowest BCUT2D eigenvalue weighted by Crippen LogP contribution is -2.37. The molecule has 1 aromatic heterocycles. The molecule has 0 spiro atoms. The topological polar surface area (TPSA) is 59.0 Å². The molecule has 1 aliphatic carbocycles. The van der Waals surface area contributed by atoms with Crippen molar-refractivity contribution in [1.82, 2.24) is 20.4 Å². The highest BCUT2D eigenvalue weighted by molar-refractivity contribution is 5.78. The summed E-state index contributed by atoms with van der Waals surface area (Å²) in [5, 5.41) is 10.5. The predicted molar refractivity (Wildman–Crippen MR) is 74.7 cm³/mol. The molecule has 0 bridgehead atoms. The van der Waals surface area contributed by atoms with Crippen LogP contribution in [0.5, 0.6) is 0 Å². The van der Waals surface area contributed by atoms with Gasteiger partial charge in [0.1, 0.15) is 0 Å². The predicted octanol–water partition coefficient (Wildman–Crippen LogP) is 1.61. The first-order valence-corrected chi connectivity index (χ1v) is 7.19. The van der Waals surface area contributed by atoms with Gasteiger partial charge >= 0.3 is 0 Å². The largest absolute Gasteiger partial charge is 0.353 e. The van der Waals surface area contributed by atoms with Gasteiger partial charge < -0.3 is 10.6 Å². The molecule has 0 saturated heterocycles. The second-order valence-corrected chi connectivity index (χ2v) is 5.55. The normalized spacial score (nSPS) is 16.2. The van der Waals surface area contributed by atoms with Crippen LogP contribution in [0, 0.1) is 0 Å². The molecule has 0 radical (unpaired) electrons. The van der Waals surface area contributed by atoms with Gasteiger partial charge in [-0.1, -0.05) is 12.8 Å². The Morgan fingerprint density at radius 2 is 2.21 bits per heavy atom. The lowest BCUT2D eigenvalue weighted by atomic mass is 10.3. The van der Waals surface area contributed by atoms with Crippen LogP contribution in [0.25, 0.3) is 0 Å². The van der Waals surface area contributed by atoms with E-state index in [-0.39, 0.29) is 11.9 Å². The SMILES string of the molecule is CC(C)NC(=O)CNCc1ccn(C2CCCC2)n1. The molecule has 5 heteroatoms. The van der Waals surface area contributed by atoms with E-state index < -0.39 is 0 Å². The molecule has 1 saturated carbocycles. The first-order chi connectivity index (χ1) is 9.15. The van der Waals surface area contributed by atoms with E-state index in [1.807, 2.05) is 19.9 Å². The van der Waals surface area contributed by atoms with Gasteiger partial charge in [0, 0.05) is 18.8 Å². The van der Waals surface area contributed by atoms with Crippen LogP contribution in [0.3, 0.4) is 0 Å². The highest BCUT2D eigenvalue weighted by atomic mass is 16.1. The minimum Gasteiger partial charge on any atom is -0.353 e. The van der Waals surface area contributed by atoms with Gasteiger partial charge in [-0.2, -0.15) is 5.10 Å². The number of hydrogen-bond donors (Lipinski definition) is 2. The van der Waals surface area contributed by atoms with Crippen molar-refractivity contribution in [3.8, 4) is 0 Å². The van der Waals surface area contributed by atoms with Crippen LogP contribution in [0.1, 0.15) is 51.3 Å².